The molecule has 0 amide bonds. The quantitative estimate of drug-likeness (QED) is 0.193. The average molecular weight is 1220 g/mol. The molecule has 0 aromatic carbocycles. The molecule has 4 nitrogen and oxygen atoms in total. The van der Waals surface area contributed by atoms with Crippen molar-refractivity contribution in [2.24, 2.45) is 105 Å². The zero-order valence-electron chi connectivity index (χ0n) is 61.7. The Balaban J connectivity index is 1.01. The highest BCUT2D eigenvalue weighted by Crippen LogP contribution is 2.65. The van der Waals surface area contributed by atoms with E-state index in [2.05, 4.69) is 130 Å². The van der Waals surface area contributed by atoms with Crippen LogP contribution in [-0.2, 0) is 0 Å². The maximum atomic E-state index is 3.60. The molecule has 0 saturated heterocycles. The Labute approximate surface area is 548 Å². The summed E-state index contributed by atoms with van der Waals surface area (Å²) in [7, 11) is 0. The Morgan fingerprint density at radius 2 is 0.341 bits per heavy atom. The maximum absolute atomic E-state index is 3.60. The van der Waals surface area contributed by atoms with Crippen LogP contribution in [0.2, 0.25) is 0 Å². The van der Waals surface area contributed by atoms with Crippen LogP contribution in [0.4, 0.5) is 0 Å². The summed E-state index contributed by atoms with van der Waals surface area (Å²) < 4.78 is 0. The highest BCUT2D eigenvalue weighted by molar-refractivity contribution is 5.17. The first-order valence-corrected chi connectivity index (χ1v) is 40.9. The van der Waals surface area contributed by atoms with Crippen LogP contribution in [0.25, 0.3) is 0 Å². The Hall–Kier alpha value is -0.160. The molecule has 8 unspecified atom stereocenters. The van der Waals surface area contributed by atoms with E-state index in [0.29, 0.717) is 21.7 Å². The van der Waals surface area contributed by atoms with Crippen molar-refractivity contribution in [1.29, 1.82) is 0 Å². The molecule has 12 aliphatic rings. The van der Waals surface area contributed by atoms with Crippen molar-refractivity contribution >= 4 is 0 Å². The lowest BCUT2D eigenvalue weighted by Crippen LogP contribution is -2.72. The van der Waals surface area contributed by atoms with Crippen molar-refractivity contribution < 1.29 is 0 Å². The third kappa shape index (κ3) is 14.6. The second kappa shape index (κ2) is 27.8. The van der Waals surface area contributed by atoms with Gasteiger partial charge in [-0.1, -0.05) is 111 Å². The molecule has 12 saturated carbocycles. The SMILES string of the molecule is CC1CCC(N(C2CCC(C(C)(C)C)CC2)C2CC(N(C3CCC(C)CC3)C3CCC(C(C)(C)C)CC3)C3CCC4C5C(CCC2C35)C(N(C2CCC(C)CC2)C2CCC(C(C)(C)C)CC2)CC4N(C2CCC(C)CC2)C2CCC(C(C)(C)C)CC2)CC1. The fraction of sp³-hybridized carbons (Fsp3) is 1.00. The summed E-state index contributed by atoms with van der Waals surface area (Å²) in [6.45, 7) is 41.7. The molecule has 12 fully saturated rings. The van der Waals surface area contributed by atoms with Gasteiger partial charge in [-0.2, -0.15) is 0 Å². The van der Waals surface area contributed by atoms with Gasteiger partial charge in [-0.25, -0.2) is 0 Å². The predicted molar refractivity (Wildman–Crippen MR) is 378 cm³/mol. The van der Waals surface area contributed by atoms with E-state index in [4.69, 9.17) is 0 Å². The maximum Gasteiger partial charge on any atom is 0.0147 e. The number of rotatable bonds is 12. The van der Waals surface area contributed by atoms with Crippen molar-refractivity contribution in [3.8, 4) is 0 Å². The van der Waals surface area contributed by atoms with E-state index in [0.717, 1.165) is 155 Å². The van der Waals surface area contributed by atoms with Gasteiger partial charge in [-0.15, -0.1) is 0 Å². The minimum atomic E-state index is 0.429. The van der Waals surface area contributed by atoms with Gasteiger partial charge in [-0.05, 0) is 349 Å². The van der Waals surface area contributed by atoms with Gasteiger partial charge in [0.2, 0.25) is 0 Å². The van der Waals surface area contributed by atoms with Crippen molar-refractivity contribution in [3.63, 3.8) is 0 Å². The molecule has 0 radical (unpaired) electrons. The average Bonchev–Trinajstić information content (AvgIpc) is 0.720. The van der Waals surface area contributed by atoms with Crippen LogP contribution >= 0.6 is 0 Å². The van der Waals surface area contributed by atoms with Gasteiger partial charge in [-0.3, -0.25) is 19.6 Å². The molecule has 506 valence electrons. The third-order valence-electron chi connectivity index (χ3n) is 31.6. The summed E-state index contributed by atoms with van der Waals surface area (Å²) in [5, 5.41) is 0. The van der Waals surface area contributed by atoms with Gasteiger partial charge in [0.15, 0.2) is 0 Å². The Kier molecular flexibility index (Phi) is 21.4. The monoisotopic (exact) mass is 1220 g/mol. The molecule has 0 bridgehead atoms. The molecule has 8 atom stereocenters. The number of hydrogen-bond donors (Lipinski definition) is 0. The zero-order valence-corrected chi connectivity index (χ0v) is 61.7. The molecular formula is C84H150N4. The third-order valence-corrected chi connectivity index (χ3v) is 31.6. The van der Waals surface area contributed by atoms with Gasteiger partial charge in [0.25, 0.3) is 0 Å². The summed E-state index contributed by atoms with van der Waals surface area (Å²) in [5.74, 6) is 12.6. The lowest BCUT2D eigenvalue weighted by molar-refractivity contribution is -0.197. The van der Waals surface area contributed by atoms with Gasteiger partial charge in [0.1, 0.15) is 0 Å². The molecule has 4 heteroatoms. The largest absolute Gasteiger partial charge is 0.294 e. The normalized spacial score (nSPS) is 46.2. The highest BCUT2D eigenvalue weighted by Gasteiger charge is 2.65. The van der Waals surface area contributed by atoms with Crippen LogP contribution in [0, 0.1) is 105 Å². The van der Waals surface area contributed by atoms with E-state index in [-0.39, 0.29) is 0 Å². The van der Waals surface area contributed by atoms with Gasteiger partial charge < -0.3 is 0 Å². The summed E-state index contributed by atoms with van der Waals surface area (Å²) in [4.78, 5) is 14.4. The first-order chi connectivity index (χ1) is 41.8. The zero-order chi connectivity index (χ0) is 62.2. The van der Waals surface area contributed by atoms with E-state index < -0.39 is 0 Å². The Morgan fingerprint density at radius 3 is 0.489 bits per heavy atom. The first-order valence-electron chi connectivity index (χ1n) is 40.9. The number of hydrogen-bond acceptors (Lipinski definition) is 4. The van der Waals surface area contributed by atoms with Crippen molar-refractivity contribution in [3.05, 3.63) is 0 Å². The van der Waals surface area contributed by atoms with Crippen LogP contribution in [0.5, 0.6) is 0 Å². The lowest BCUT2D eigenvalue weighted by Gasteiger charge is -2.69. The van der Waals surface area contributed by atoms with Gasteiger partial charge >= 0.3 is 0 Å². The van der Waals surface area contributed by atoms with E-state index in [1.807, 2.05) is 0 Å². The minimum Gasteiger partial charge on any atom is -0.294 e. The molecule has 0 N–H and O–H groups in total. The molecule has 0 aromatic heterocycles. The summed E-state index contributed by atoms with van der Waals surface area (Å²) in [5.41, 5.74) is 1.71. The molecule has 12 rings (SSSR count). The molecule has 0 aromatic rings. The lowest BCUT2D eigenvalue weighted by atomic mass is 9.44. The fourth-order valence-corrected chi connectivity index (χ4v) is 26.2. The molecule has 12 aliphatic carbocycles. The molecule has 0 aliphatic heterocycles. The van der Waals surface area contributed by atoms with Crippen molar-refractivity contribution in [2.75, 3.05) is 0 Å². The molecular weight excluding hydrogens is 1060 g/mol. The summed E-state index contributed by atoms with van der Waals surface area (Å²) >= 11 is 0. The second-order valence-electron chi connectivity index (χ2n) is 40.6. The van der Waals surface area contributed by atoms with E-state index in [1.54, 1.807) is 25.7 Å². The Morgan fingerprint density at radius 1 is 0.193 bits per heavy atom. The van der Waals surface area contributed by atoms with Crippen molar-refractivity contribution in [2.45, 2.75) is 427 Å². The first kappa shape index (κ1) is 67.8. The van der Waals surface area contributed by atoms with Crippen LogP contribution < -0.4 is 0 Å². The van der Waals surface area contributed by atoms with E-state index >= 15 is 0 Å². The fourth-order valence-electron chi connectivity index (χ4n) is 26.2. The smallest absolute Gasteiger partial charge is 0.0147 e. The minimum absolute atomic E-state index is 0.429. The highest BCUT2D eigenvalue weighted by atomic mass is 15.3. The standard InChI is InChI=1S/C84H150N4/c1-55-17-33-63(34-18-55)85(67-41-25-59(26-42-67)81(5,6)7)75-53-76(86(64-35-19-56(2)20-36-64)68-43-27-60(28-44-68)82(8,9)10)72-51-52-74-78(88(66-39-23-58(4)24-40-66)70-47-31-62(32-48-70)84(14,15)16)54-77(73-50-49-71(75)79(72)80(73)74)87(65-37-21-57(3)22-38-65)69-45-29-61(30-46-69)83(11,12)13/h55-80H,17-54H2,1-16H3. The Bertz CT molecular complexity index is 1820. The summed E-state index contributed by atoms with van der Waals surface area (Å²) in [6, 6.07) is 9.56. The van der Waals surface area contributed by atoms with Crippen molar-refractivity contribution in [1.82, 2.24) is 19.6 Å². The van der Waals surface area contributed by atoms with Crippen LogP contribution in [-0.4, -0.2) is 92.1 Å². The second-order valence-corrected chi connectivity index (χ2v) is 40.6. The van der Waals surface area contributed by atoms with Crippen LogP contribution in [0.15, 0.2) is 0 Å². The van der Waals surface area contributed by atoms with E-state index in [9.17, 15) is 0 Å². The molecule has 0 heterocycles. The number of nitrogens with zero attached hydrogens (tertiary/aromatic N) is 4. The van der Waals surface area contributed by atoms with Gasteiger partial charge in [0, 0.05) is 72.5 Å². The van der Waals surface area contributed by atoms with Gasteiger partial charge in [0.05, 0.1) is 0 Å². The van der Waals surface area contributed by atoms with Crippen LogP contribution in [0.1, 0.15) is 355 Å². The predicted octanol–water partition coefficient (Wildman–Crippen LogP) is 22.5. The topological polar surface area (TPSA) is 13.0 Å². The summed E-state index contributed by atoms with van der Waals surface area (Å²) in [6.07, 6.45) is 56.7. The molecule has 0 spiro atoms. The molecule has 88 heavy (non-hydrogen) atoms. The van der Waals surface area contributed by atoms with E-state index in [1.165, 1.54) is 218 Å². The van der Waals surface area contributed by atoms with Crippen LogP contribution in [0.3, 0.4) is 0 Å².